The van der Waals surface area contributed by atoms with Crippen LogP contribution in [0.3, 0.4) is 0 Å². The third-order valence-electron chi connectivity index (χ3n) is 7.33. The maximum absolute atomic E-state index is 14.2. The van der Waals surface area contributed by atoms with E-state index >= 15 is 0 Å². The van der Waals surface area contributed by atoms with Gasteiger partial charge >= 0.3 is 0 Å². The highest BCUT2D eigenvalue weighted by Crippen LogP contribution is 2.34. The molecule has 3 aromatic rings. The molecule has 0 amide bonds. The maximum Gasteiger partial charge on any atom is 0.197 e. The highest BCUT2D eigenvalue weighted by atomic mass is 19.1. The SMILES string of the molecule is C=C/C(C(=C)c1cc2cc(C)c(C3CCOCC3)cc2[nH]1)=C(/N)N(CCC)C(/C=C\N)=C/Oc1c(F)cccc1F. The molecule has 8 heteroatoms. The quantitative estimate of drug-likeness (QED) is 0.172. The van der Waals surface area contributed by atoms with Gasteiger partial charge in [0.25, 0.3) is 0 Å². The predicted molar refractivity (Wildman–Crippen MR) is 162 cm³/mol. The van der Waals surface area contributed by atoms with Gasteiger partial charge in [-0.2, -0.15) is 0 Å². The molecule has 0 aliphatic carbocycles. The van der Waals surface area contributed by atoms with Crippen LogP contribution in [0.1, 0.15) is 48.9 Å². The Hall–Kier alpha value is -4.30. The van der Waals surface area contributed by atoms with Crippen molar-refractivity contribution in [3.8, 4) is 5.75 Å². The van der Waals surface area contributed by atoms with Gasteiger partial charge in [-0.05, 0) is 85.8 Å². The second-order valence-electron chi connectivity index (χ2n) is 10.1. The third kappa shape index (κ3) is 6.55. The Morgan fingerprint density at radius 2 is 1.90 bits per heavy atom. The van der Waals surface area contributed by atoms with Gasteiger partial charge in [0.1, 0.15) is 12.1 Å². The lowest BCUT2D eigenvalue weighted by Gasteiger charge is -2.27. The number of allylic oxidation sites excluding steroid dienone is 4. The van der Waals surface area contributed by atoms with Gasteiger partial charge in [0.15, 0.2) is 17.4 Å². The van der Waals surface area contributed by atoms with Crippen LogP contribution in [0.5, 0.6) is 5.75 Å². The zero-order chi connectivity index (χ0) is 29.5. The molecule has 0 saturated carbocycles. The van der Waals surface area contributed by atoms with Gasteiger partial charge in [0, 0.05) is 47.5 Å². The highest BCUT2D eigenvalue weighted by Gasteiger charge is 2.21. The van der Waals surface area contributed by atoms with Crippen LogP contribution in [0.4, 0.5) is 8.78 Å². The van der Waals surface area contributed by atoms with Gasteiger partial charge in [0.05, 0.1) is 5.70 Å². The summed E-state index contributed by atoms with van der Waals surface area (Å²) >= 11 is 0. The molecule has 216 valence electrons. The van der Waals surface area contributed by atoms with Crippen molar-refractivity contribution >= 4 is 16.5 Å². The number of aromatic amines is 1. The number of halogens is 2. The molecule has 0 atom stereocenters. The number of aryl methyl sites for hydroxylation is 1. The summed E-state index contributed by atoms with van der Waals surface area (Å²) < 4.78 is 39.4. The van der Waals surface area contributed by atoms with Crippen LogP contribution in [-0.2, 0) is 4.74 Å². The van der Waals surface area contributed by atoms with Crippen molar-refractivity contribution in [1.29, 1.82) is 0 Å². The normalized spacial score (nSPS) is 15.3. The monoisotopic (exact) mass is 560 g/mol. The number of para-hydroxylation sites is 1. The van der Waals surface area contributed by atoms with Gasteiger partial charge in [-0.25, -0.2) is 8.78 Å². The molecule has 0 spiro atoms. The van der Waals surface area contributed by atoms with Crippen molar-refractivity contribution in [3.05, 3.63) is 120 Å². The Morgan fingerprint density at radius 1 is 1.20 bits per heavy atom. The summed E-state index contributed by atoms with van der Waals surface area (Å²) in [5, 5.41) is 1.08. The first kappa shape index (κ1) is 29.7. The van der Waals surface area contributed by atoms with E-state index in [9.17, 15) is 8.78 Å². The Morgan fingerprint density at radius 3 is 2.54 bits per heavy atom. The van der Waals surface area contributed by atoms with Gasteiger partial charge in [-0.3, -0.25) is 0 Å². The lowest BCUT2D eigenvalue weighted by Crippen LogP contribution is -2.29. The number of nitrogens with one attached hydrogen (secondary N) is 1. The van der Waals surface area contributed by atoms with Crippen LogP contribution in [0.25, 0.3) is 16.5 Å². The molecule has 2 aromatic carbocycles. The van der Waals surface area contributed by atoms with Crippen LogP contribution in [-0.4, -0.2) is 29.6 Å². The molecule has 6 nitrogen and oxygen atoms in total. The molecule has 1 saturated heterocycles. The summed E-state index contributed by atoms with van der Waals surface area (Å²) in [5.74, 6) is -1.34. The number of hydrogen-bond acceptors (Lipinski definition) is 5. The van der Waals surface area contributed by atoms with Crippen LogP contribution in [0, 0.1) is 18.6 Å². The number of H-pyrrole nitrogens is 1. The first-order valence-corrected chi connectivity index (χ1v) is 13.8. The van der Waals surface area contributed by atoms with E-state index in [4.69, 9.17) is 20.9 Å². The average molecular weight is 561 g/mol. The molecule has 0 unspecified atom stereocenters. The van der Waals surface area contributed by atoms with E-state index in [-0.39, 0.29) is 0 Å². The molecule has 1 fully saturated rings. The minimum Gasteiger partial charge on any atom is -0.457 e. The summed E-state index contributed by atoms with van der Waals surface area (Å²) in [6, 6.07) is 10.00. The molecule has 5 N–H and O–H groups in total. The van der Waals surface area contributed by atoms with Crippen LogP contribution in [0.15, 0.2) is 91.3 Å². The van der Waals surface area contributed by atoms with Gasteiger partial charge in [-0.1, -0.05) is 32.2 Å². The number of aromatic nitrogens is 1. The van der Waals surface area contributed by atoms with Gasteiger partial charge < -0.3 is 30.8 Å². The number of ether oxygens (including phenoxy) is 2. The lowest BCUT2D eigenvalue weighted by molar-refractivity contribution is 0.0852. The minimum absolute atomic E-state index is 0.339. The number of fused-ring (bicyclic) bond motifs is 1. The fraction of sp³-hybridized carbons (Fsp3) is 0.273. The Labute approximate surface area is 240 Å². The number of nitrogens with two attached hydrogens (primary N) is 2. The zero-order valence-corrected chi connectivity index (χ0v) is 23.7. The topological polar surface area (TPSA) is 89.5 Å². The highest BCUT2D eigenvalue weighted by molar-refractivity contribution is 5.89. The molecule has 0 radical (unpaired) electrons. The first-order valence-electron chi connectivity index (χ1n) is 13.8. The fourth-order valence-corrected chi connectivity index (χ4v) is 5.21. The molecule has 1 aliphatic heterocycles. The standard InChI is InChI=1S/C33H38F2N4O2/c1-5-14-39(25(10-13-36)20-41-32-28(34)8-7-9-29(32)35)33(37)26(6-2)22(4)30-18-24-17-21(3)27(19-31(24)38-30)23-11-15-40-16-12-23/h6-10,13,17-20,23,38H,2,4-5,11-12,14-16,36-37H2,1,3H3/b13-10-,25-20+,33-26+. The van der Waals surface area contributed by atoms with Crippen molar-refractivity contribution in [2.24, 2.45) is 11.5 Å². The molecule has 1 aromatic heterocycles. The molecular formula is C33H38F2N4O2. The Bertz CT molecular complexity index is 1490. The maximum atomic E-state index is 14.2. The molecule has 0 bridgehead atoms. The van der Waals surface area contributed by atoms with E-state index in [0.29, 0.717) is 41.5 Å². The molecule has 41 heavy (non-hydrogen) atoms. The number of nitrogens with zero attached hydrogens (tertiary/aromatic N) is 1. The summed E-state index contributed by atoms with van der Waals surface area (Å²) in [5.41, 5.74) is 18.5. The van der Waals surface area contributed by atoms with Crippen LogP contribution < -0.4 is 16.2 Å². The largest absolute Gasteiger partial charge is 0.457 e. The second kappa shape index (κ2) is 13.4. The number of hydrogen-bond donors (Lipinski definition) is 3. The Balaban J connectivity index is 1.70. The van der Waals surface area contributed by atoms with Crippen LogP contribution in [0.2, 0.25) is 0 Å². The Kier molecular flexibility index (Phi) is 9.68. The molecule has 4 rings (SSSR count). The summed E-state index contributed by atoms with van der Waals surface area (Å²) in [7, 11) is 0. The van der Waals surface area contributed by atoms with E-state index in [0.717, 1.165) is 54.8 Å². The summed E-state index contributed by atoms with van der Waals surface area (Å²) in [4.78, 5) is 5.26. The molecule has 2 heterocycles. The lowest BCUT2D eigenvalue weighted by atomic mass is 9.88. The van der Waals surface area contributed by atoms with E-state index in [2.05, 4.69) is 43.3 Å². The molecule has 1 aliphatic rings. The van der Waals surface area contributed by atoms with Crippen molar-refractivity contribution in [2.75, 3.05) is 19.8 Å². The second-order valence-corrected chi connectivity index (χ2v) is 10.1. The fourth-order valence-electron chi connectivity index (χ4n) is 5.21. The van der Waals surface area contributed by atoms with E-state index in [1.807, 2.05) is 6.92 Å². The zero-order valence-electron chi connectivity index (χ0n) is 23.7. The van der Waals surface area contributed by atoms with E-state index < -0.39 is 17.4 Å². The van der Waals surface area contributed by atoms with Gasteiger partial charge in [0.2, 0.25) is 0 Å². The summed E-state index contributed by atoms with van der Waals surface area (Å²) in [6.45, 7) is 14.5. The van der Waals surface area contributed by atoms with Crippen molar-refractivity contribution in [1.82, 2.24) is 9.88 Å². The molecular weight excluding hydrogens is 522 g/mol. The smallest absolute Gasteiger partial charge is 0.197 e. The first-order chi connectivity index (χ1) is 19.8. The average Bonchev–Trinajstić information content (AvgIpc) is 3.38. The number of rotatable bonds is 11. The third-order valence-corrected chi connectivity index (χ3v) is 7.33. The van der Waals surface area contributed by atoms with Gasteiger partial charge in [-0.15, -0.1) is 0 Å². The van der Waals surface area contributed by atoms with E-state index in [1.165, 1.54) is 29.7 Å². The van der Waals surface area contributed by atoms with Crippen molar-refractivity contribution in [3.63, 3.8) is 0 Å². The predicted octanol–water partition coefficient (Wildman–Crippen LogP) is 7.12. The van der Waals surface area contributed by atoms with E-state index in [1.54, 1.807) is 17.1 Å². The number of benzene rings is 2. The minimum atomic E-state index is -0.822. The van der Waals surface area contributed by atoms with Crippen LogP contribution >= 0.6 is 0 Å². The summed E-state index contributed by atoms with van der Waals surface area (Å²) in [6.07, 6.45) is 8.46. The van der Waals surface area contributed by atoms with Crippen molar-refractivity contribution in [2.45, 2.75) is 39.0 Å². The van der Waals surface area contributed by atoms with Crippen molar-refractivity contribution < 1.29 is 18.3 Å².